The van der Waals surface area contributed by atoms with E-state index >= 15 is 0 Å². The summed E-state index contributed by atoms with van der Waals surface area (Å²) >= 11 is 0. The molecule has 32 heavy (non-hydrogen) atoms. The summed E-state index contributed by atoms with van der Waals surface area (Å²) in [7, 11) is 0. The Kier molecular flexibility index (Phi) is 5.59. The first-order valence-corrected chi connectivity index (χ1v) is 10.7. The Balaban J connectivity index is 1.60. The summed E-state index contributed by atoms with van der Waals surface area (Å²) in [5.74, 6) is -1.41. The van der Waals surface area contributed by atoms with E-state index in [9.17, 15) is 19.1 Å². The second kappa shape index (κ2) is 8.22. The van der Waals surface area contributed by atoms with Crippen LogP contribution in [0, 0.1) is 18.7 Å². The summed E-state index contributed by atoms with van der Waals surface area (Å²) in [6.07, 6.45) is 4.57. The lowest BCUT2D eigenvalue weighted by molar-refractivity contribution is -0.118. The Morgan fingerprint density at radius 1 is 1.22 bits per heavy atom. The van der Waals surface area contributed by atoms with Gasteiger partial charge in [0.05, 0.1) is 17.2 Å². The molecule has 0 aliphatic heterocycles. The van der Waals surface area contributed by atoms with Gasteiger partial charge >= 0.3 is 5.97 Å². The molecule has 0 unspecified atom stereocenters. The average Bonchev–Trinajstić information content (AvgIpc) is 3.40. The van der Waals surface area contributed by atoms with E-state index in [4.69, 9.17) is 0 Å². The third-order valence-corrected chi connectivity index (χ3v) is 5.83. The number of rotatable bonds is 7. The number of aromatic nitrogens is 2. The third-order valence-electron chi connectivity index (χ3n) is 5.83. The lowest BCUT2D eigenvalue weighted by Crippen LogP contribution is -2.28. The number of amides is 1. The van der Waals surface area contributed by atoms with Crippen molar-refractivity contribution in [3.05, 3.63) is 71.3 Å². The molecule has 0 saturated heterocycles. The summed E-state index contributed by atoms with van der Waals surface area (Å²) in [6.45, 7) is 6.69. The van der Waals surface area contributed by atoms with Crippen LogP contribution < -0.4 is 5.32 Å². The van der Waals surface area contributed by atoms with E-state index in [0.717, 1.165) is 12.1 Å². The lowest BCUT2D eigenvalue weighted by atomic mass is 9.93. The summed E-state index contributed by atoms with van der Waals surface area (Å²) in [5.41, 5.74) is 1.92. The van der Waals surface area contributed by atoms with Crippen LogP contribution in [0.2, 0.25) is 0 Å². The van der Waals surface area contributed by atoms with Crippen LogP contribution in [0.15, 0.2) is 48.8 Å². The minimum Gasteiger partial charge on any atom is -0.478 e. The molecule has 1 aliphatic rings. The smallest absolute Gasteiger partial charge is 0.336 e. The molecule has 6 nitrogen and oxygen atoms in total. The highest BCUT2D eigenvalue weighted by molar-refractivity contribution is 6.03. The minimum atomic E-state index is -1.10. The maximum Gasteiger partial charge on any atom is 0.336 e. The Labute approximate surface area is 186 Å². The van der Waals surface area contributed by atoms with Gasteiger partial charge in [-0.3, -0.25) is 9.48 Å². The van der Waals surface area contributed by atoms with Crippen molar-refractivity contribution in [2.24, 2.45) is 5.92 Å². The zero-order valence-electron chi connectivity index (χ0n) is 18.4. The van der Waals surface area contributed by atoms with Crippen molar-refractivity contribution < 1.29 is 19.1 Å². The standard InChI is InChI=1S/C25H26FN3O3/c1-15(2)13-29-14-17(12-27-29)19-6-5-18(11-20(19)23(30)31)28-24(32)25(8-9-25)21-7-4-16(3)10-22(21)26/h4-7,10-12,14-15H,8-9,13H2,1-3H3,(H,28,32)(H,30,31). The summed E-state index contributed by atoms with van der Waals surface area (Å²) in [5, 5.41) is 16.9. The van der Waals surface area contributed by atoms with Gasteiger partial charge in [-0.05, 0) is 55.0 Å². The van der Waals surface area contributed by atoms with Gasteiger partial charge in [-0.2, -0.15) is 5.10 Å². The number of hydrogen-bond acceptors (Lipinski definition) is 3. The molecule has 1 amide bonds. The number of halogens is 1. The van der Waals surface area contributed by atoms with Crippen LogP contribution >= 0.6 is 0 Å². The molecule has 1 fully saturated rings. The first-order chi connectivity index (χ1) is 15.2. The molecular formula is C25H26FN3O3. The number of anilines is 1. The van der Waals surface area contributed by atoms with E-state index in [1.54, 1.807) is 42.1 Å². The summed E-state index contributed by atoms with van der Waals surface area (Å²) < 4.78 is 16.3. The van der Waals surface area contributed by atoms with Gasteiger partial charge in [0, 0.05) is 29.6 Å². The number of aromatic carboxylic acids is 1. The van der Waals surface area contributed by atoms with E-state index in [0.29, 0.717) is 41.1 Å². The van der Waals surface area contributed by atoms with Crippen molar-refractivity contribution in [1.29, 1.82) is 0 Å². The topological polar surface area (TPSA) is 84.2 Å². The quantitative estimate of drug-likeness (QED) is 0.546. The molecule has 0 atom stereocenters. The normalized spacial score (nSPS) is 14.4. The lowest BCUT2D eigenvalue weighted by Gasteiger charge is -2.17. The number of nitrogens with zero attached hydrogens (tertiary/aromatic N) is 2. The number of hydrogen-bond donors (Lipinski definition) is 2. The van der Waals surface area contributed by atoms with E-state index in [2.05, 4.69) is 24.3 Å². The maximum atomic E-state index is 14.5. The van der Waals surface area contributed by atoms with Crippen LogP contribution in [-0.2, 0) is 16.8 Å². The highest BCUT2D eigenvalue weighted by atomic mass is 19.1. The molecule has 1 aromatic heterocycles. The summed E-state index contributed by atoms with van der Waals surface area (Å²) in [6, 6.07) is 9.67. The van der Waals surface area contributed by atoms with Gasteiger partial charge in [-0.1, -0.05) is 32.0 Å². The minimum absolute atomic E-state index is 0.0678. The second-order valence-corrected chi connectivity index (χ2v) is 8.93. The van der Waals surface area contributed by atoms with E-state index in [1.807, 2.05) is 6.20 Å². The highest BCUT2D eigenvalue weighted by Crippen LogP contribution is 2.50. The van der Waals surface area contributed by atoms with Crippen LogP contribution in [0.5, 0.6) is 0 Å². The first-order valence-electron chi connectivity index (χ1n) is 10.7. The van der Waals surface area contributed by atoms with Crippen molar-refractivity contribution in [2.45, 2.75) is 45.6 Å². The monoisotopic (exact) mass is 435 g/mol. The fraction of sp³-hybridized carbons (Fsp3) is 0.320. The molecule has 0 bridgehead atoms. The van der Waals surface area contributed by atoms with Crippen LogP contribution in [-0.4, -0.2) is 26.8 Å². The van der Waals surface area contributed by atoms with Crippen molar-refractivity contribution in [3.63, 3.8) is 0 Å². The molecule has 4 rings (SSSR count). The van der Waals surface area contributed by atoms with E-state index < -0.39 is 17.2 Å². The number of benzene rings is 2. The SMILES string of the molecule is Cc1ccc(C2(C(=O)Nc3ccc(-c4cnn(CC(C)C)c4)c(C(=O)O)c3)CC2)c(F)c1. The largest absolute Gasteiger partial charge is 0.478 e. The van der Waals surface area contributed by atoms with E-state index in [-0.39, 0.29) is 11.5 Å². The van der Waals surface area contributed by atoms with Gasteiger partial charge in [0.25, 0.3) is 0 Å². The maximum absolute atomic E-state index is 14.5. The van der Waals surface area contributed by atoms with Crippen LogP contribution in [0.1, 0.15) is 48.2 Å². The predicted octanol–water partition coefficient (Wildman–Crippen LogP) is 5.02. The van der Waals surface area contributed by atoms with Gasteiger partial charge in [0.2, 0.25) is 5.91 Å². The molecule has 0 spiro atoms. The van der Waals surface area contributed by atoms with Gasteiger partial charge in [0.1, 0.15) is 5.82 Å². The molecule has 1 saturated carbocycles. The molecule has 7 heteroatoms. The van der Waals surface area contributed by atoms with Gasteiger partial charge < -0.3 is 10.4 Å². The summed E-state index contributed by atoms with van der Waals surface area (Å²) in [4.78, 5) is 25.0. The molecule has 1 heterocycles. The van der Waals surface area contributed by atoms with Crippen molar-refractivity contribution in [2.75, 3.05) is 5.32 Å². The zero-order chi connectivity index (χ0) is 23.0. The number of carboxylic acids is 1. The fourth-order valence-electron chi connectivity index (χ4n) is 4.03. The Morgan fingerprint density at radius 2 is 1.97 bits per heavy atom. The fourth-order valence-corrected chi connectivity index (χ4v) is 4.03. The van der Waals surface area contributed by atoms with Crippen LogP contribution in [0.25, 0.3) is 11.1 Å². The van der Waals surface area contributed by atoms with Gasteiger partial charge in [-0.25, -0.2) is 9.18 Å². The molecule has 2 aromatic carbocycles. The molecule has 0 radical (unpaired) electrons. The number of nitrogens with one attached hydrogen (secondary N) is 1. The number of carbonyl (C=O) groups is 2. The Hall–Kier alpha value is -3.48. The predicted molar refractivity (Wildman–Crippen MR) is 120 cm³/mol. The Bertz CT molecular complexity index is 1190. The van der Waals surface area contributed by atoms with Crippen molar-refractivity contribution in [3.8, 4) is 11.1 Å². The molecule has 3 aromatic rings. The van der Waals surface area contributed by atoms with Gasteiger partial charge in [-0.15, -0.1) is 0 Å². The van der Waals surface area contributed by atoms with Crippen LogP contribution in [0.3, 0.4) is 0 Å². The number of carboxylic acid groups (broad SMARTS) is 1. The highest BCUT2D eigenvalue weighted by Gasteiger charge is 2.52. The molecule has 1 aliphatic carbocycles. The Morgan fingerprint density at radius 3 is 2.59 bits per heavy atom. The first kappa shape index (κ1) is 21.7. The number of aryl methyl sites for hydroxylation is 1. The average molecular weight is 435 g/mol. The third kappa shape index (κ3) is 4.15. The van der Waals surface area contributed by atoms with E-state index in [1.165, 1.54) is 12.1 Å². The van der Waals surface area contributed by atoms with Gasteiger partial charge in [0.15, 0.2) is 0 Å². The second-order valence-electron chi connectivity index (χ2n) is 8.93. The molecule has 166 valence electrons. The van der Waals surface area contributed by atoms with Crippen molar-refractivity contribution >= 4 is 17.6 Å². The molecule has 2 N–H and O–H groups in total. The van der Waals surface area contributed by atoms with Crippen LogP contribution in [0.4, 0.5) is 10.1 Å². The van der Waals surface area contributed by atoms with Crippen molar-refractivity contribution in [1.82, 2.24) is 9.78 Å². The zero-order valence-corrected chi connectivity index (χ0v) is 18.4. The molecular weight excluding hydrogens is 409 g/mol. The number of carbonyl (C=O) groups excluding carboxylic acids is 1.